The van der Waals surface area contributed by atoms with E-state index in [4.69, 9.17) is 4.42 Å². The van der Waals surface area contributed by atoms with Crippen molar-refractivity contribution < 1.29 is 9.21 Å². The molecule has 21 heavy (non-hydrogen) atoms. The lowest BCUT2D eigenvalue weighted by Crippen LogP contribution is -2.43. The van der Waals surface area contributed by atoms with E-state index in [0.29, 0.717) is 23.5 Å². The highest BCUT2D eigenvalue weighted by Gasteiger charge is 2.40. The van der Waals surface area contributed by atoms with Gasteiger partial charge in [-0.2, -0.15) is 0 Å². The predicted molar refractivity (Wildman–Crippen MR) is 75.6 cm³/mol. The van der Waals surface area contributed by atoms with Crippen molar-refractivity contribution in [3.05, 3.63) is 36.5 Å². The number of nitrogens with zero attached hydrogens (tertiary/aromatic N) is 2. The van der Waals surface area contributed by atoms with Crippen molar-refractivity contribution in [2.75, 3.05) is 0 Å². The number of hydrogen-bond acceptors (Lipinski definition) is 5. The van der Waals surface area contributed by atoms with E-state index in [2.05, 4.69) is 20.6 Å². The fraction of sp³-hybridized carbons (Fsp3) is 0.400. The van der Waals surface area contributed by atoms with E-state index in [0.717, 1.165) is 12.8 Å². The van der Waals surface area contributed by atoms with Gasteiger partial charge in [0.15, 0.2) is 5.76 Å². The summed E-state index contributed by atoms with van der Waals surface area (Å²) < 4.78 is 5.52. The molecule has 2 fully saturated rings. The van der Waals surface area contributed by atoms with Crippen molar-refractivity contribution in [2.45, 2.75) is 37.4 Å². The maximum atomic E-state index is 12.2. The number of amides is 1. The Balaban J connectivity index is 1.47. The van der Waals surface area contributed by atoms with Crippen LogP contribution in [0.25, 0.3) is 11.5 Å². The number of aromatic nitrogens is 2. The number of carbonyl (C=O) groups is 1. The SMILES string of the molecule is O=C(N[C@@H]1C[C@H]2CC[C@@H]1N2)c1ncc(-c2ccccn2)o1. The number of hydrogen-bond donors (Lipinski definition) is 2. The van der Waals surface area contributed by atoms with Crippen molar-refractivity contribution in [2.24, 2.45) is 0 Å². The highest BCUT2D eigenvalue weighted by atomic mass is 16.4. The summed E-state index contributed by atoms with van der Waals surface area (Å²) in [5.41, 5.74) is 0.672. The van der Waals surface area contributed by atoms with Gasteiger partial charge >= 0.3 is 5.91 Å². The number of pyridine rings is 1. The van der Waals surface area contributed by atoms with E-state index in [9.17, 15) is 4.79 Å². The fourth-order valence-corrected chi connectivity index (χ4v) is 3.22. The Kier molecular flexibility index (Phi) is 2.96. The van der Waals surface area contributed by atoms with Crippen molar-refractivity contribution in [3.8, 4) is 11.5 Å². The van der Waals surface area contributed by atoms with E-state index in [-0.39, 0.29) is 17.8 Å². The summed E-state index contributed by atoms with van der Waals surface area (Å²) in [6.45, 7) is 0. The molecule has 1 amide bonds. The number of rotatable bonds is 3. The quantitative estimate of drug-likeness (QED) is 0.889. The monoisotopic (exact) mass is 284 g/mol. The van der Waals surface area contributed by atoms with E-state index in [1.54, 1.807) is 6.20 Å². The summed E-state index contributed by atoms with van der Waals surface area (Å²) in [4.78, 5) is 20.4. The van der Waals surface area contributed by atoms with Gasteiger partial charge in [0, 0.05) is 24.3 Å². The van der Waals surface area contributed by atoms with Gasteiger partial charge in [0.1, 0.15) is 5.69 Å². The summed E-state index contributed by atoms with van der Waals surface area (Å²) in [5, 5.41) is 6.50. The Hall–Kier alpha value is -2.21. The molecule has 0 radical (unpaired) electrons. The zero-order chi connectivity index (χ0) is 14.2. The van der Waals surface area contributed by atoms with Crippen molar-refractivity contribution in [1.29, 1.82) is 0 Å². The molecule has 0 spiro atoms. The van der Waals surface area contributed by atoms with Gasteiger partial charge in [-0.05, 0) is 31.4 Å². The highest BCUT2D eigenvalue weighted by molar-refractivity contribution is 5.90. The fourth-order valence-electron chi connectivity index (χ4n) is 3.22. The van der Waals surface area contributed by atoms with E-state index < -0.39 is 0 Å². The molecule has 2 aromatic heterocycles. The van der Waals surface area contributed by atoms with Crippen LogP contribution in [0.5, 0.6) is 0 Å². The van der Waals surface area contributed by atoms with E-state index in [1.807, 2.05) is 18.2 Å². The Morgan fingerprint density at radius 3 is 3.00 bits per heavy atom. The Morgan fingerprint density at radius 1 is 1.33 bits per heavy atom. The summed E-state index contributed by atoms with van der Waals surface area (Å²) in [5.74, 6) is 0.349. The maximum Gasteiger partial charge on any atom is 0.307 e. The number of nitrogens with one attached hydrogen (secondary N) is 2. The second-order valence-corrected chi connectivity index (χ2v) is 5.61. The van der Waals surface area contributed by atoms with Gasteiger partial charge in [0.2, 0.25) is 0 Å². The van der Waals surface area contributed by atoms with Crippen LogP contribution < -0.4 is 10.6 Å². The smallest absolute Gasteiger partial charge is 0.307 e. The minimum Gasteiger partial charge on any atom is -0.431 e. The zero-order valence-corrected chi connectivity index (χ0v) is 11.5. The van der Waals surface area contributed by atoms with Gasteiger partial charge in [0.25, 0.3) is 5.89 Å². The molecule has 2 N–H and O–H groups in total. The summed E-state index contributed by atoms with van der Waals surface area (Å²) in [6, 6.07) is 6.64. The molecule has 2 saturated heterocycles. The van der Waals surface area contributed by atoms with Gasteiger partial charge in [-0.15, -0.1) is 0 Å². The summed E-state index contributed by atoms with van der Waals surface area (Å²) in [6.07, 6.45) is 6.54. The first-order valence-electron chi connectivity index (χ1n) is 7.24. The van der Waals surface area contributed by atoms with Gasteiger partial charge < -0.3 is 15.1 Å². The molecule has 2 aliphatic heterocycles. The number of carbonyl (C=O) groups excluding carboxylic acids is 1. The average molecular weight is 284 g/mol. The molecule has 0 aromatic carbocycles. The molecule has 2 aromatic rings. The molecular weight excluding hydrogens is 268 g/mol. The van der Waals surface area contributed by atoms with Gasteiger partial charge in [0.05, 0.1) is 6.20 Å². The van der Waals surface area contributed by atoms with Gasteiger partial charge in [-0.3, -0.25) is 9.78 Å². The van der Waals surface area contributed by atoms with Crippen LogP contribution in [0.2, 0.25) is 0 Å². The Labute approximate surface area is 122 Å². The van der Waals surface area contributed by atoms with Gasteiger partial charge in [-0.25, -0.2) is 4.98 Å². The van der Waals surface area contributed by atoms with Gasteiger partial charge in [-0.1, -0.05) is 6.07 Å². The molecule has 4 heterocycles. The minimum atomic E-state index is -0.253. The third kappa shape index (κ3) is 2.31. The number of fused-ring (bicyclic) bond motifs is 2. The normalized spacial score (nSPS) is 27.0. The van der Waals surface area contributed by atoms with Crippen LogP contribution in [-0.4, -0.2) is 34.0 Å². The highest BCUT2D eigenvalue weighted by Crippen LogP contribution is 2.28. The van der Waals surface area contributed by atoms with Crippen LogP contribution in [-0.2, 0) is 0 Å². The molecule has 0 saturated carbocycles. The number of oxazole rings is 1. The largest absolute Gasteiger partial charge is 0.431 e. The topological polar surface area (TPSA) is 80.0 Å². The van der Waals surface area contributed by atoms with Crippen molar-refractivity contribution in [3.63, 3.8) is 0 Å². The molecular formula is C15H16N4O2. The van der Waals surface area contributed by atoms with Crippen LogP contribution in [0.4, 0.5) is 0 Å². The minimum absolute atomic E-state index is 0.0958. The van der Waals surface area contributed by atoms with Crippen molar-refractivity contribution >= 4 is 5.91 Å². The Morgan fingerprint density at radius 2 is 2.29 bits per heavy atom. The second kappa shape index (κ2) is 4.96. The molecule has 4 rings (SSSR count). The van der Waals surface area contributed by atoms with Crippen LogP contribution in [0.15, 0.2) is 35.0 Å². The predicted octanol–water partition coefficient (Wildman–Crippen LogP) is 1.36. The van der Waals surface area contributed by atoms with Crippen LogP contribution in [0.3, 0.4) is 0 Å². The molecule has 6 heteroatoms. The first kappa shape index (κ1) is 12.5. The van der Waals surface area contributed by atoms with Crippen LogP contribution in [0, 0.1) is 0 Å². The summed E-state index contributed by atoms with van der Waals surface area (Å²) in [7, 11) is 0. The molecule has 0 aliphatic carbocycles. The lowest BCUT2D eigenvalue weighted by atomic mass is 9.95. The van der Waals surface area contributed by atoms with Crippen LogP contribution >= 0.6 is 0 Å². The Bertz CT molecular complexity index is 655. The zero-order valence-electron chi connectivity index (χ0n) is 11.5. The summed E-state index contributed by atoms with van der Waals surface area (Å²) >= 11 is 0. The lowest BCUT2D eigenvalue weighted by molar-refractivity contribution is 0.0896. The first-order chi connectivity index (χ1) is 10.3. The third-order valence-corrected chi connectivity index (χ3v) is 4.23. The first-order valence-corrected chi connectivity index (χ1v) is 7.24. The average Bonchev–Trinajstić information content (AvgIpc) is 3.24. The lowest BCUT2D eigenvalue weighted by Gasteiger charge is -2.20. The van der Waals surface area contributed by atoms with Crippen LogP contribution in [0.1, 0.15) is 29.9 Å². The van der Waals surface area contributed by atoms with Crippen molar-refractivity contribution in [1.82, 2.24) is 20.6 Å². The standard InChI is InChI=1S/C15H16N4O2/c20-14(19-12-7-9-4-5-10(12)18-9)15-17-8-13(21-15)11-3-1-2-6-16-11/h1-3,6,8-10,12,18H,4-5,7H2,(H,19,20)/t9-,10+,12-/m1/s1. The second-order valence-electron chi connectivity index (χ2n) is 5.61. The molecule has 108 valence electrons. The molecule has 6 nitrogen and oxygen atoms in total. The van der Waals surface area contributed by atoms with E-state index in [1.165, 1.54) is 12.6 Å². The third-order valence-electron chi connectivity index (χ3n) is 4.23. The van der Waals surface area contributed by atoms with E-state index >= 15 is 0 Å². The molecule has 0 unspecified atom stereocenters. The molecule has 3 atom stereocenters. The molecule has 2 bridgehead atoms. The molecule has 2 aliphatic rings. The maximum absolute atomic E-state index is 12.2.